The molecular formula is C11H17N3Na3O14P3. The van der Waals surface area contributed by atoms with Crippen molar-refractivity contribution < 1.29 is 151 Å². The van der Waals surface area contributed by atoms with Crippen LogP contribution in [0.15, 0.2) is 17.1 Å². The summed E-state index contributed by atoms with van der Waals surface area (Å²) in [6.07, 6.45) is -5.67. The number of phosphoric ester groups is 1. The zero-order chi connectivity index (χ0) is 24.0. The zero-order valence-corrected chi connectivity index (χ0v) is 27.0. The number of rotatable bonds is 8. The first-order valence-electron chi connectivity index (χ1n) is 8.00. The van der Waals surface area contributed by atoms with Crippen molar-refractivity contribution in [2.24, 2.45) is 0 Å². The van der Waals surface area contributed by atoms with Crippen molar-refractivity contribution in [1.82, 2.24) is 9.55 Å². The molecule has 1 aliphatic rings. The Bertz CT molecular complexity index is 1040. The van der Waals surface area contributed by atoms with Crippen LogP contribution in [0.3, 0.4) is 0 Å². The maximum atomic E-state index is 11.8. The van der Waals surface area contributed by atoms with Gasteiger partial charge in [-0.05, 0) is 20.6 Å². The molecule has 1 saturated heterocycles. The fourth-order valence-electron chi connectivity index (χ4n) is 2.27. The van der Waals surface area contributed by atoms with Gasteiger partial charge in [0.2, 0.25) is 0 Å². The number of aromatic nitrogens is 2. The summed E-state index contributed by atoms with van der Waals surface area (Å²) >= 11 is 0. The molecule has 178 valence electrons. The van der Waals surface area contributed by atoms with Gasteiger partial charge in [-0.25, -0.2) is 13.7 Å². The maximum Gasteiger partial charge on any atom is 1.00 e. The Kier molecular flexibility index (Phi) is 15.5. The Morgan fingerprint density at radius 3 is 2.21 bits per heavy atom. The summed E-state index contributed by atoms with van der Waals surface area (Å²) in [6, 6.07) is 1.17. The van der Waals surface area contributed by atoms with Crippen LogP contribution >= 0.6 is 23.0 Å². The largest absolute Gasteiger partial charge is 1.00 e. The Morgan fingerprint density at radius 1 is 1.21 bits per heavy atom. The van der Waals surface area contributed by atoms with E-state index >= 15 is 0 Å². The number of nitrogen functional groups attached to an aromatic ring is 1. The second-order valence-corrected chi connectivity index (χ2v) is 12.3. The van der Waals surface area contributed by atoms with Crippen molar-refractivity contribution in [3.05, 3.63) is 22.7 Å². The van der Waals surface area contributed by atoms with Crippen LogP contribution in [-0.4, -0.2) is 59.8 Å². The minimum atomic E-state index is -6.26. The summed E-state index contributed by atoms with van der Waals surface area (Å²) in [4.78, 5) is 58.2. The van der Waals surface area contributed by atoms with Gasteiger partial charge in [-0.2, -0.15) is 4.98 Å². The topological polar surface area (TPSA) is 290 Å². The standard InChI is InChI=1S/C11H20N3O14P3.3Na/c1-11(18,29(19,20)21)30(22,23)28-31(24,25)26-4-5-7(15)8(16)9(27-5)14-3-2-6(12)13-10(14)17;;;/h2-3,5,7-9,15-16,18H,4H2,1H3,(H,22,23)(H,24,25)(H2,12,13,17)(H2,19,20,21);;;/q;3*+1/p-3. The number of aliphatic hydroxyl groups excluding tert-OH is 2. The van der Waals surface area contributed by atoms with Gasteiger partial charge in [-0.1, -0.05) is 0 Å². The molecule has 23 heteroatoms. The minimum absolute atomic E-state index is 0. The van der Waals surface area contributed by atoms with Crippen LogP contribution in [0, 0.1) is 0 Å². The fraction of sp³-hybridized carbons (Fsp3) is 0.636. The van der Waals surface area contributed by atoms with Crippen molar-refractivity contribution >= 4 is 28.8 Å². The first-order chi connectivity index (χ1) is 13.9. The zero-order valence-electron chi connectivity index (χ0n) is 18.4. The second-order valence-electron chi connectivity index (χ2n) is 6.40. The number of hydrogen-bond donors (Lipinski definition) is 5. The summed E-state index contributed by atoms with van der Waals surface area (Å²) in [6.45, 7) is -1.10. The first-order valence-corrected chi connectivity index (χ1v) is 12.6. The number of aliphatic hydroxyl groups is 3. The molecule has 1 aromatic heterocycles. The van der Waals surface area contributed by atoms with Crippen molar-refractivity contribution in [1.29, 1.82) is 0 Å². The summed E-state index contributed by atoms with van der Waals surface area (Å²) in [5.74, 6) is -0.147. The molecule has 0 amide bonds. The monoisotopic (exact) mass is 577 g/mol. The number of anilines is 1. The van der Waals surface area contributed by atoms with Gasteiger partial charge >= 0.3 is 102 Å². The molecule has 7 atom stereocenters. The average Bonchev–Trinajstić information content (AvgIpc) is 2.86. The summed E-state index contributed by atoms with van der Waals surface area (Å²) in [7, 11) is -18.2. The van der Waals surface area contributed by atoms with Crippen LogP contribution < -0.4 is 115 Å². The van der Waals surface area contributed by atoms with Crippen molar-refractivity contribution in [3.63, 3.8) is 0 Å². The molecule has 0 bridgehead atoms. The predicted octanol–water partition coefficient (Wildman–Crippen LogP) is -13.3. The normalized spacial score (nSPS) is 27.6. The number of hydrogen-bond acceptors (Lipinski definition) is 15. The molecule has 0 saturated carbocycles. The SMILES string of the molecule is CC(O)(P(=O)([O-])[O-])P(=O)([O-])OP(=O)(O)OCC1OC(n2ccc(N)nc2=O)C(O)C1O.[Na+].[Na+].[Na+]. The van der Waals surface area contributed by atoms with Crippen LogP contribution in [0.4, 0.5) is 5.82 Å². The van der Waals surface area contributed by atoms with E-state index in [1.807, 2.05) is 0 Å². The molecule has 7 unspecified atom stereocenters. The molecule has 2 heterocycles. The number of nitrogens with zero attached hydrogens (tertiary/aromatic N) is 2. The predicted molar refractivity (Wildman–Crippen MR) is 91.5 cm³/mol. The van der Waals surface area contributed by atoms with E-state index in [1.54, 1.807) is 0 Å². The second kappa shape index (κ2) is 13.9. The van der Waals surface area contributed by atoms with Crippen LogP contribution in [0.1, 0.15) is 13.2 Å². The molecule has 1 aromatic rings. The molecule has 1 aliphatic heterocycles. The Hall–Kier alpha value is 1.97. The van der Waals surface area contributed by atoms with Gasteiger partial charge in [0.25, 0.3) is 0 Å². The molecule has 2 rings (SSSR count). The van der Waals surface area contributed by atoms with Crippen LogP contribution in [-0.2, 0) is 27.3 Å². The third-order valence-corrected chi connectivity index (χ3v) is 9.82. The van der Waals surface area contributed by atoms with Gasteiger partial charge in [0.05, 0.1) is 6.61 Å². The minimum Gasteiger partial charge on any atom is -0.808 e. The van der Waals surface area contributed by atoms with Gasteiger partial charge in [0, 0.05) is 6.20 Å². The quantitative estimate of drug-likeness (QED) is 0.142. The van der Waals surface area contributed by atoms with Crippen molar-refractivity contribution in [3.8, 4) is 0 Å². The van der Waals surface area contributed by atoms with Crippen molar-refractivity contribution in [2.45, 2.75) is 36.5 Å². The third-order valence-electron chi connectivity index (χ3n) is 4.11. The Balaban J connectivity index is 0. The third kappa shape index (κ3) is 8.75. The van der Waals surface area contributed by atoms with Gasteiger partial charge in [-0.3, -0.25) is 9.09 Å². The van der Waals surface area contributed by atoms with Crippen LogP contribution in [0.2, 0.25) is 0 Å². The summed E-state index contributed by atoms with van der Waals surface area (Å²) < 4.78 is 48.3. The number of ether oxygens (including phenoxy) is 1. The summed E-state index contributed by atoms with van der Waals surface area (Å²) in [5, 5.41) is 25.4. The van der Waals surface area contributed by atoms with Gasteiger partial charge < -0.3 is 54.5 Å². The maximum absolute atomic E-state index is 11.8. The van der Waals surface area contributed by atoms with E-state index in [-0.39, 0.29) is 101 Å². The first kappa shape index (κ1) is 38.1. The van der Waals surface area contributed by atoms with Gasteiger partial charge in [0.15, 0.2) is 18.9 Å². The van der Waals surface area contributed by atoms with E-state index in [4.69, 9.17) is 10.5 Å². The van der Waals surface area contributed by atoms with Gasteiger partial charge in [-0.15, -0.1) is 0 Å². The van der Waals surface area contributed by atoms with Crippen LogP contribution in [0.25, 0.3) is 0 Å². The Labute approximate surface area is 258 Å². The Morgan fingerprint density at radius 2 is 1.74 bits per heavy atom. The molecule has 34 heavy (non-hydrogen) atoms. The van der Waals surface area contributed by atoms with Gasteiger partial charge in [0.1, 0.15) is 24.1 Å². The molecule has 0 radical (unpaired) electrons. The smallest absolute Gasteiger partial charge is 0.808 e. The number of phosphoric acid groups is 1. The molecule has 6 N–H and O–H groups in total. The van der Waals surface area contributed by atoms with E-state index < -0.39 is 64.9 Å². The molecular weight excluding hydrogens is 560 g/mol. The molecule has 0 spiro atoms. The van der Waals surface area contributed by atoms with E-state index in [2.05, 4.69) is 13.8 Å². The van der Waals surface area contributed by atoms with E-state index in [9.17, 15) is 53.4 Å². The van der Waals surface area contributed by atoms with E-state index in [0.29, 0.717) is 0 Å². The molecule has 0 aliphatic carbocycles. The van der Waals surface area contributed by atoms with Crippen molar-refractivity contribution in [2.75, 3.05) is 12.3 Å². The molecule has 0 aromatic carbocycles. The van der Waals surface area contributed by atoms with E-state index in [1.165, 1.54) is 6.07 Å². The average molecular weight is 577 g/mol. The van der Waals surface area contributed by atoms with Crippen LogP contribution in [0.5, 0.6) is 0 Å². The molecule has 1 fully saturated rings. The fourth-order valence-corrected chi connectivity index (χ4v) is 6.03. The summed E-state index contributed by atoms with van der Waals surface area (Å²) in [5.41, 5.74) is 4.36. The van der Waals surface area contributed by atoms with E-state index in [0.717, 1.165) is 10.8 Å². The number of nitrogens with two attached hydrogens (primary N) is 1. The molecule has 17 nitrogen and oxygen atoms in total.